The van der Waals surface area contributed by atoms with Crippen LogP contribution in [0.4, 0.5) is 18.9 Å². The van der Waals surface area contributed by atoms with Crippen molar-refractivity contribution in [3.05, 3.63) is 81.7 Å². The third-order valence-electron chi connectivity index (χ3n) is 4.25. The quantitative estimate of drug-likeness (QED) is 0.476. The average Bonchev–Trinajstić information content (AvgIpc) is 3.01. The van der Waals surface area contributed by atoms with E-state index in [1.54, 1.807) is 6.08 Å². The van der Waals surface area contributed by atoms with Crippen LogP contribution in [-0.4, -0.2) is 11.1 Å². The number of fused-ring (bicyclic) bond motifs is 1. The Bertz CT molecular complexity index is 1180. The number of nitrogens with one attached hydrogen (secondary N) is 1. The van der Waals surface area contributed by atoms with Crippen LogP contribution in [0.25, 0.3) is 16.8 Å². The fourth-order valence-electron chi connectivity index (χ4n) is 2.92. The van der Waals surface area contributed by atoms with E-state index in [1.165, 1.54) is 6.07 Å². The largest absolute Gasteiger partial charge is 0.417 e. The molecule has 3 aromatic carbocycles. The Morgan fingerprint density at radius 1 is 1.03 bits per heavy atom. The Morgan fingerprint density at radius 2 is 1.79 bits per heavy atom. The molecule has 1 aliphatic rings. The highest BCUT2D eigenvalue weighted by Crippen LogP contribution is 2.37. The van der Waals surface area contributed by atoms with Crippen molar-refractivity contribution in [2.45, 2.75) is 6.18 Å². The zero-order valence-electron chi connectivity index (χ0n) is 14.6. The van der Waals surface area contributed by atoms with E-state index < -0.39 is 16.8 Å². The lowest BCUT2D eigenvalue weighted by Gasteiger charge is -2.09. The molecule has 0 bridgehead atoms. The Hall–Kier alpha value is -2.77. The van der Waals surface area contributed by atoms with Gasteiger partial charge in [0.1, 0.15) is 0 Å². The lowest BCUT2D eigenvalue weighted by atomic mass is 10.0. The molecule has 0 spiro atoms. The van der Waals surface area contributed by atoms with E-state index in [-0.39, 0.29) is 16.8 Å². The van der Waals surface area contributed by atoms with Crippen LogP contribution in [0.15, 0.2) is 70.6 Å². The molecule has 1 fully saturated rings. The first-order chi connectivity index (χ1) is 13.8. The summed E-state index contributed by atoms with van der Waals surface area (Å²) in [6.45, 7) is 0. The second-order valence-corrected chi connectivity index (χ2v) is 7.65. The number of amidine groups is 1. The summed E-state index contributed by atoms with van der Waals surface area (Å²) in [7, 11) is 0. The zero-order valence-corrected chi connectivity index (χ0v) is 16.2. The highest BCUT2D eigenvalue weighted by molar-refractivity contribution is 8.18. The van der Waals surface area contributed by atoms with Gasteiger partial charge in [-0.3, -0.25) is 4.79 Å². The average molecular weight is 433 g/mol. The molecule has 3 aromatic rings. The van der Waals surface area contributed by atoms with E-state index in [9.17, 15) is 18.0 Å². The lowest BCUT2D eigenvalue weighted by Crippen LogP contribution is -2.19. The van der Waals surface area contributed by atoms with Crippen LogP contribution in [0.1, 0.15) is 11.1 Å². The van der Waals surface area contributed by atoms with Crippen LogP contribution in [0.2, 0.25) is 5.02 Å². The van der Waals surface area contributed by atoms with Crippen LogP contribution in [0, 0.1) is 0 Å². The van der Waals surface area contributed by atoms with Crippen molar-refractivity contribution in [3.8, 4) is 0 Å². The fourth-order valence-corrected chi connectivity index (χ4v) is 3.97. The highest BCUT2D eigenvalue weighted by atomic mass is 35.5. The van der Waals surface area contributed by atoms with Gasteiger partial charge >= 0.3 is 6.18 Å². The molecule has 1 N–H and O–H groups in total. The molecule has 0 aromatic heterocycles. The molecular formula is C21H12ClF3N2OS. The minimum Gasteiger partial charge on any atom is -0.300 e. The summed E-state index contributed by atoms with van der Waals surface area (Å²) in [5.41, 5.74) is -0.0503. The van der Waals surface area contributed by atoms with E-state index in [1.807, 2.05) is 42.5 Å². The van der Waals surface area contributed by atoms with Gasteiger partial charge < -0.3 is 5.32 Å². The Balaban J connectivity index is 1.65. The number of thioether (sulfide) groups is 1. The van der Waals surface area contributed by atoms with Crippen LogP contribution < -0.4 is 5.32 Å². The van der Waals surface area contributed by atoms with Gasteiger partial charge in [0.05, 0.1) is 21.2 Å². The minimum absolute atomic E-state index is 0.0518. The lowest BCUT2D eigenvalue weighted by molar-refractivity contribution is -0.137. The Kier molecular flexibility index (Phi) is 5.10. The molecule has 29 heavy (non-hydrogen) atoms. The summed E-state index contributed by atoms with van der Waals surface area (Å²) in [5.74, 6) is -0.355. The maximum absolute atomic E-state index is 13.0. The first kappa shape index (κ1) is 19.5. The van der Waals surface area contributed by atoms with Gasteiger partial charge in [-0.1, -0.05) is 54.1 Å². The first-order valence-electron chi connectivity index (χ1n) is 8.45. The number of carbonyl (C=O) groups is 1. The molecule has 8 heteroatoms. The number of rotatable bonds is 2. The van der Waals surface area contributed by atoms with Crippen LogP contribution >= 0.6 is 23.4 Å². The summed E-state index contributed by atoms with van der Waals surface area (Å²) >= 11 is 6.70. The standard InChI is InChI=1S/C21H12ClF3N2OS/c22-17-9-8-14(11-16(17)21(23,24)25)26-20-27-19(28)18(29-20)10-13-6-3-5-12-4-1-2-7-15(12)13/h1-11H,(H,26,27,28). The van der Waals surface area contributed by atoms with E-state index in [0.29, 0.717) is 4.91 Å². The molecule has 1 saturated heterocycles. The van der Waals surface area contributed by atoms with Crippen LogP contribution in [0.3, 0.4) is 0 Å². The monoisotopic (exact) mass is 432 g/mol. The normalized spacial score (nSPS) is 17.3. The number of amides is 1. The smallest absolute Gasteiger partial charge is 0.300 e. The van der Waals surface area contributed by atoms with Crippen LogP contribution in [-0.2, 0) is 11.0 Å². The molecule has 0 atom stereocenters. The molecule has 1 heterocycles. The van der Waals surface area contributed by atoms with Gasteiger partial charge in [0.15, 0.2) is 5.17 Å². The summed E-state index contributed by atoms with van der Waals surface area (Å²) in [6.07, 6.45) is -2.84. The zero-order chi connectivity index (χ0) is 20.6. The number of halogens is 4. The van der Waals surface area contributed by atoms with E-state index in [0.717, 1.165) is 40.2 Å². The van der Waals surface area contributed by atoms with Crippen molar-refractivity contribution in [1.29, 1.82) is 0 Å². The predicted octanol–water partition coefficient (Wildman–Crippen LogP) is 6.40. The number of benzene rings is 3. The third kappa shape index (κ3) is 4.16. The van der Waals surface area contributed by atoms with Crippen molar-refractivity contribution >= 4 is 57.0 Å². The summed E-state index contributed by atoms with van der Waals surface area (Å²) in [6, 6.07) is 16.9. The maximum atomic E-state index is 13.0. The van der Waals surface area contributed by atoms with E-state index in [4.69, 9.17) is 11.6 Å². The fraction of sp³-hybridized carbons (Fsp3) is 0.0476. The number of aliphatic imine (C=N–C) groups is 1. The molecule has 0 saturated carbocycles. The van der Waals surface area contributed by atoms with Gasteiger partial charge in [0.2, 0.25) is 0 Å². The second-order valence-electron chi connectivity index (χ2n) is 6.21. The number of alkyl halides is 3. The number of hydrogen-bond donors (Lipinski definition) is 1. The van der Waals surface area contributed by atoms with Crippen molar-refractivity contribution in [2.75, 3.05) is 0 Å². The molecule has 0 unspecified atom stereocenters. The molecular weight excluding hydrogens is 421 g/mol. The number of nitrogens with zero attached hydrogens (tertiary/aromatic N) is 1. The van der Waals surface area contributed by atoms with Crippen molar-refractivity contribution < 1.29 is 18.0 Å². The van der Waals surface area contributed by atoms with Gasteiger partial charge in [0, 0.05) is 0 Å². The Labute approximate surface area is 173 Å². The molecule has 3 nitrogen and oxygen atoms in total. The number of carbonyl (C=O) groups excluding carboxylic acids is 1. The van der Waals surface area contributed by atoms with Gasteiger partial charge in [-0.15, -0.1) is 0 Å². The minimum atomic E-state index is -4.58. The summed E-state index contributed by atoms with van der Waals surface area (Å²) < 4.78 is 39.1. The molecule has 0 radical (unpaired) electrons. The van der Waals surface area contributed by atoms with E-state index >= 15 is 0 Å². The highest BCUT2D eigenvalue weighted by Gasteiger charge is 2.33. The summed E-state index contributed by atoms with van der Waals surface area (Å²) in [5, 5.41) is 4.42. The van der Waals surface area contributed by atoms with Gasteiger partial charge in [-0.2, -0.15) is 13.2 Å². The van der Waals surface area contributed by atoms with Gasteiger partial charge in [0.25, 0.3) is 5.91 Å². The van der Waals surface area contributed by atoms with Crippen molar-refractivity contribution in [3.63, 3.8) is 0 Å². The SMILES string of the molecule is O=C1NC(=Nc2ccc(Cl)c(C(F)(F)F)c2)SC1=Cc1cccc2ccccc12. The summed E-state index contributed by atoms with van der Waals surface area (Å²) in [4.78, 5) is 16.8. The van der Waals surface area contributed by atoms with Crippen molar-refractivity contribution in [2.24, 2.45) is 4.99 Å². The topological polar surface area (TPSA) is 41.5 Å². The number of hydrogen-bond acceptors (Lipinski definition) is 3. The molecule has 1 aliphatic heterocycles. The molecule has 0 aliphatic carbocycles. The Morgan fingerprint density at radius 3 is 2.59 bits per heavy atom. The van der Waals surface area contributed by atoms with Gasteiger partial charge in [-0.25, -0.2) is 4.99 Å². The second kappa shape index (κ2) is 7.57. The molecule has 146 valence electrons. The van der Waals surface area contributed by atoms with E-state index in [2.05, 4.69) is 10.3 Å². The maximum Gasteiger partial charge on any atom is 0.417 e. The molecule has 4 rings (SSSR count). The van der Waals surface area contributed by atoms with Crippen molar-refractivity contribution in [1.82, 2.24) is 5.32 Å². The first-order valence-corrected chi connectivity index (χ1v) is 9.65. The molecule has 1 amide bonds. The van der Waals surface area contributed by atoms with Gasteiger partial charge in [-0.05, 0) is 52.4 Å². The predicted molar refractivity (Wildman–Crippen MR) is 111 cm³/mol. The third-order valence-corrected chi connectivity index (χ3v) is 5.49. The van der Waals surface area contributed by atoms with Crippen LogP contribution in [0.5, 0.6) is 0 Å².